The SMILES string of the molecule is Nc1ncnn2c(CN3CCCOCC3)cc(-c3ccc(NC(=O)Nc4cc(C(F)(F)F)ccc4Cl)c(F)c3)c12. The van der Waals surface area contributed by atoms with Gasteiger partial charge in [0.15, 0.2) is 5.82 Å². The van der Waals surface area contributed by atoms with E-state index in [-0.39, 0.29) is 22.2 Å². The summed E-state index contributed by atoms with van der Waals surface area (Å²) in [5.74, 6) is -0.556. The Morgan fingerprint density at radius 3 is 2.65 bits per heavy atom. The van der Waals surface area contributed by atoms with E-state index in [2.05, 4.69) is 25.6 Å². The van der Waals surface area contributed by atoms with Gasteiger partial charge in [-0.15, -0.1) is 0 Å². The maximum atomic E-state index is 15.2. The van der Waals surface area contributed by atoms with Crippen molar-refractivity contribution in [2.75, 3.05) is 42.7 Å². The molecular formula is C26H24ClF4N7O2. The molecule has 210 valence electrons. The van der Waals surface area contributed by atoms with Crippen molar-refractivity contribution < 1.29 is 27.1 Å². The second kappa shape index (κ2) is 11.3. The van der Waals surface area contributed by atoms with Crippen LogP contribution in [0.5, 0.6) is 0 Å². The summed E-state index contributed by atoms with van der Waals surface area (Å²) in [7, 11) is 0. The van der Waals surface area contributed by atoms with E-state index in [9.17, 15) is 18.0 Å². The lowest BCUT2D eigenvalue weighted by Crippen LogP contribution is -2.26. The Hall–Kier alpha value is -3.94. The third-order valence-corrected chi connectivity index (χ3v) is 6.76. The van der Waals surface area contributed by atoms with E-state index < -0.39 is 23.6 Å². The van der Waals surface area contributed by atoms with Crippen LogP contribution in [0.3, 0.4) is 0 Å². The molecule has 14 heteroatoms. The quantitative estimate of drug-likeness (QED) is 0.264. The van der Waals surface area contributed by atoms with Crippen LogP contribution in [0.2, 0.25) is 5.02 Å². The number of nitrogens with zero attached hydrogens (tertiary/aromatic N) is 4. The van der Waals surface area contributed by atoms with Crippen molar-refractivity contribution in [3.8, 4) is 11.1 Å². The van der Waals surface area contributed by atoms with Crippen molar-refractivity contribution >= 4 is 40.3 Å². The minimum atomic E-state index is -4.63. The minimum Gasteiger partial charge on any atom is -0.382 e. The molecule has 1 aliphatic rings. The number of rotatable bonds is 5. The van der Waals surface area contributed by atoms with Gasteiger partial charge in [0.2, 0.25) is 0 Å². The molecule has 1 aliphatic heterocycles. The lowest BCUT2D eigenvalue weighted by molar-refractivity contribution is -0.137. The summed E-state index contributed by atoms with van der Waals surface area (Å²) < 4.78 is 61.4. The Morgan fingerprint density at radius 2 is 1.88 bits per heavy atom. The monoisotopic (exact) mass is 577 g/mol. The normalized spacial score (nSPS) is 14.7. The number of amides is 2. The van der Waals surface area contributed by atoms with Crippen LogP contribution in [0.1, 0.15) is 17.7 Å². The standard InChI is InChI=1S/C26H24ClF4N7O2/c27-19-4-3-16(26(29,30)31)11-22(19)36-25(39)35-21-5-2-15(10-20(21)28)18-12-17(13-37-6-1-8-40-9-7-37)38-23(18)24(32)33-14-34-38/h2-5,10-12,14H,1,6-9,13H2,(H2,32,33,34)(H2,35,36,39). The molecule has 0 saturated carbocycles. The van der Waals surface area contributed by atoms with Crippen LogP contribution in [0.25, 0.3) is 16.6 Å². The summed E-state index contributed by atoms with van der Waals surface area (Å²) in [5, 5.41) is 8.77. The Bertz CT molecular complexity index is 1550. The second-order valence-corrected chi connectivity index (χ2v) is 9.57. The van der Waals surface area contributed by atoms with Gasteiger partial charge in [-0.1, -0.05) is 17.7 Å². The van der Waals surface area contributed by atoms with Crippen molar-refractivity contribution in [2.45, 2.75) is 19.1 Å². The summed E-state index contributed by atoms with van der Waals surface area (Å²) in [6.07, 6.45) is -2.37. The number of hydrogen-bond donors (Lipinski definition) is 3. The molecule has 4 N–H and O–H groups in total. The van der Waals surface area contributed by atoms with Crippen LogP contribution >= 0.6 is 11.6 Å². The highest BCUT2D eigenvalue weighted by atomic mass is 35.5. The fourth-order valence-electron chi connectivity index (χ4n) is 4.51. The van der Waals surface area contributed by atoms with Crippen molar-refractivity contribution in [3.05, 3.63) is 70.9 Å². The number of nitrogens with one attached hydrogen (secondary N) is 2. The highest BCUT2D eigenvalue weighted by Gasteiger charge is 2.31. The molecule has 9 nitrogen and oxygen atoms in total. The summed E-state index contributed by atoms with van der Waals surface area (Å²) in [6.45, 7) is 3.51. The molecule has 4 aromatic rings. The highest BCUT2D eigenvalue weighted by Crippen LogP contribution is 2.35. The van der Waals surface area contributed by atoms with Gasteiger partial charge in [0.25, 0.3) is 0 Å². The molecule has 0 radical (unpaired) electrons. The Morgan fingerprint density at radius 1 is 1.07 bits per heavy atom. The summed E-state index contributed by atoms with van der Waals surface area (Å²) >= 11 is 5.93. The van der Waals surface area contributed by atoms with Gasteiger partial charge >= 0.3 is 12.2 Å². The van der Waals surface area contributed by atoms with Gasteiger partial charge in [0.05, 0.1) is 34.3 Å². The Balaban J connectivity index is 1.38. The first-order valence-corrected chi connectivity index (χ1v) is 12.6. The van der Waals surface area contributed by atoms with E-state index in [0.29, 0.717) is 42.5 Å². The van der Waals surface area contributed by atoms with Gasteiger partial charge in [-0.25, -0.2) is 18.7 Å². The van der Waals surface area contributed by atoms with Gasteiger partial charge in [-0.2, -0.15) is 18.3 Å². The van der Waals surface area contributed by atoms with Gasteiger partial charge in [0, 0.05) is 31.8 Å². The fraction of sp³-hybridized carbons (Fsp3) is 0.269. The van der Waals surface area contributed by atoms with E-state index in [1.54, 1.807) is 10.6 Å². The Kier molecular flexibility index (Phi) is 7.79. The molecule has 0 spiro atoms. The van der Waals surface area contributed by atoms with Crippen LogP contribution in [0.15, 0.2) is 48.8 Å². The summed E-state index contributed by atoms with van der Waals surface area (Å²) in [6, 6.07) is 7.55. The fourth-order valence-corrected chi connectivity index (χ4v) is 4.67. The van der Waals surface area contributed by atoms with Gasteiger partial charge in [-0.05, 0) is 48.4 Å². The number of nitrogens with two attached hydrogens (primary N) is 1. The molecule has 0 unspecified atom stereocenters. The smallest absolute Gasteiger partial charge is 0.382 e. The highest BCUT2D eigenvalue weighted by molar-refractivity contribution is 6.33. The van der Waals surface area contributed by atoms with Gasteiger partial charge in [0.1, 0.15) is 17.7 Å². The number of benzene rings is 2. The number of urea groups is 1. The largest absolute Gasteiger partial charge is 0.416 e. The predicted molar refractivity (Wildman–Crippen MR) is 143 cm³/mol. The molecule has 1 saturated heterocycles. The number of aromatic nitrogens is 3. The summed E-state index contributed by atoms with van der Waals surface area (Å²) in [5.41, 5.74) is 7.14. The third-order valence-electron chi connectivity index (χ3n) is 6.43. The maximum absolute atomic E-state index is 15.2. The number of carbonyl (C=O) groups excluding carboxylic acids is 1. The van der Waals surface area contributed by atoms with E-state index in [1.165, 1.54) is 18.5 Å². The van der Waals surface area contributed by atoms with Crippen LogP contribution < -0.4 is 16.4 Å². The van der Waals surface area contributed by atoms with E-state index >= 15 is 4.39 Å². The van der Waals surface area contributed by atoms with Crippen LogP contribution in [-0.4, -0.2) is 51.8 Å². The number of halogens is 5. The van der Waals surface area contributed by atoms with Gasteiger partial charge < -0.3 is 21.1 Å². The molecule has 0 aliphatic carbocycles. The molecule has 3 heterocycles. The lowest BCUT2D eigenvalue weighted by atomic mass is 10.1. The van der Waals surface area contributed by atoms with E-state index in [4.69, 9.17) is 22.1 Å². The number of fused-ring (bicyclic) bond motifs is 1. The molecule has 40 heavy (non-hydrogen) atoms. The predicted octanol–water partition coefficient (Wildman–Crippen LogP) is 5.66. The van der Waals surface area contributed by atoms with Crippen LogP contribution in [-0.2, 0) is 17.5 Å². The van der Waals surface area contributed by atoms with Crippen molar-refractivity contribution in [2.24, 2.45) is 0 Å². The topological polar surface area (TPSA) is 110 Å². The molecule has 1 fully saturated rings. The molecular weight excluding hydrogens is 554 g/mol. The number of carbonyl (C=O) groups is 1. The molecule has 0 bridgehead atoms. The average Bonchev–Trinajstić information content (AvgIpc) is 3.07. The van der Waals surface area contributed by atoms with E-state index in [1.807, 2.05) is 6.07 Å². The molecule has 2 amide bonds. The average molecular weight is 578 g/mol. The van der Waals surface area contributed by atoms with Crippen LogP contribution in [0, 0.1) is 5.82 Å². The lowest BCUT2D eigenvalue weighted by Gasteiger charge is -2.18. The Labute approximate surface area is 230 Å². The number of ether oxygens (including phenoxy) is 1. The van der Waals surface area contributed by atoms with Crippen molar-refractivity contribution in [1.82, 2.24) is 19.5 Å². The molecule has 0 atom stereocenters. The minimum absolute atomic E-state index is 0.108. The van der Waals surface area contributed by atoms with Gasteiger partial charge in [-0.3, -0.25) is 4.90 Å². The third kappa shape index (κ3) is 5.96. The molecule has 5 rings (SSSR count). The number of alkyl halides is 3. The number of nitrogen functional groups attached to an aromatic ring is 1. The maximum Gasteiger partial charge on any atom is 0.416 e. The zero-order chi connectivity index (χ0) is 28.4. The zero-order valence-electron chi connectivity index (χ0n) is 20.9. The van der Waals surface area contributed by atoms with E-state index in [0.717, 1.165) is 37.3 Å². The van der Waals surface area contributed by atoms with Crippen molar-refractivity contribution in [1.29, 1.82) is 0 Å². The molecule has 2 aromatic heterocycles. The second-order valence-electron chi connectivity index (χ2n) is 9.16. The summed E-state index contributed by atoms with van der Waals surface area (Å²) in [4.78, 5) is 18.8. The first kappa shape index (κ1) is 27.6. The zero-order valence-corrected chi connectivity index (χ0v) is 21.7. The number of hydrogen-bond acceptors (Lipinski definition) is 6. The first-order valence-electron chi connectivity index (χ1n) is 12.3. The van der Waals surface area contributed by atoms with Crippen LogP contribution in [0.4, 0.5) is 39.5 Å². The molecule has 2 aromatic carbocycles. The number of anilines is 3. The first-order chi connectivity index (χ1) is 19.1. The van der Waals surface area contributed by atoms with Crippen molar-refractivity contribution in [3.63, 3.8) is 0 Å².